The van der Waals surface area contributed by atoms with Crippen LogP contribution < -0.4 is 37.9 Å². The molecule has 13 aromatic rings. The Morgan fingerprint density at radius 3 is 0.874 bits per heavy atom. The number of ketones is 4. The van der Waals surface area contributed by atoms with Gasteiger partial charge in [-0.1, -0.05) is 109 Å². The molecule has 13 aromatic carbocycles. The van der Waals surface area contributed by atoms with Gasteiger partial charge in [0.2, 0.25) is 0 Å². The zero-order valence-electron chi connectivity index (χ0n) is 67.9. The summed E-state index contributed by atoms with van der Waals surface area (Å²) in [6, 6.07) is 93.5. The van der Waals surface area contributed by atoms with Gasteiger partial charge in [0.25, 0.3) is 10.1 Å². The standard InChI is InChI=1S/C30H28O3.C27H22O4.C22H20O6S.C21H22O5/c1-21-5-11-24(12-6-21)30(2,3)25-13-19-28(20-14-25)33-27-17-9-23(10-18-27)29(31)22-7-15-26(32-4)16-8-22;1-19-3-9-23(10-4-19)30-25-15-17-26(18-16-25)31-24-13-7-21(8-14-24)27(28)20-5-11-22(29-2)12-6-20;1-15-4-13-20(21(14-15)29(24,25)27-3)28-19-11-7-17(8-12-19)22(23)16-5-9-18(26-2)10-6-16;1-13-3-5-14(6-4-13)19(22)15-7-9-16(10-8-15)26-18-12-25-20-17(23-2)11-24-21(18)20/h5-20H,1-4H3;3-18H,1-2H3;4-14H,1-3H3;3-10,17-18,20-21H,11-12H2,1-2H3/t;;;17-,18+,20?,21?/m...0/s1. The molecule has 15 rings (SSSR count). The van der Waals surface area contributed by atoms with Gasteiger partial charge in [0.1, 0.15) is 92.2 Å². The van der Waals surface area contributed by atoms with E-state index in [-0.39, 0.29) is 63.6 Å². The van der Waals surface area contributed by atoms with E-state index < -0.39 is 10.1 Å². The Morgan fingerprint density at radius 2 is 0.546 bits per heavy atom. The van der Waals surface area contributed by atoms with Crippen molar-refractivity contribution < 1.29 is 83.9 Å². The lowest BCUT2D eigenvalue weighted by molar-refractivity contribution is -0.0138. The lowest BCUT2D eigenvalue weighted by Gasteiger charge is -2.26. The van der Waals surface area contributed by atoms with Crippen molar-refractivity contribution in [3.05, 3.63) is 387 Å². The average Bonchev–Trinajstić information content (AvgIpc) is 1.53. The molecule has 0 N–H and O–H groups in total. The second-order valence-electron chi connectivity index (χ2n) is 28.8. The maximum Gasteiger partial charge on any atom is 0.300 e. The van der Waals surface area contributed by atoms with Crippen molar-refractivity contribution >= 4 is 33.3 Å². The Morgan fingerprint density at radius 1 is 0.303 bits per heavy atom. The minimum absolute atomic E-state index is 0.00266. The van der Waals surface area contributed by atoms with Crippen molar-refractivity contribution in [2.24, 2.45) is 0 Å². The molecule has 2 saturated heterocycles. The van der Waals surface area contributed by atoms with E-state index in [0.717, 1.165) is 47.0 Å². The highest BCUT2D eigenvalue weighted by Crippen LogP contribution is 2.37. The molecule has 119 heavy (non-hydrogen) atoms. The average molecular weight is 1610 g/mol. The first kappa shape index (κ1) is 85.1. The Labute approximate surface area is 694 Å². The van der Waals surface area contributed by atoms with Crippen LogP contribution in [0.2, 0.25) is 0 Å². The number of ether oxygens (including phenoxy) is 11. The van der Waals surface area contributed by atoms with Gasteiger partial charge < -0.3 is 52.1 Å². The van der Waals surface area contributed by atoms with Crippen molar-refractivity contribution in [3.63, 3.8) is 0 Å². The smallest absolute Gasteiger partial charge is 0.300 e. The molecule has 0 amide bonds. The van der Waals surface area contributed by atoms with Crippen LogP contribution in [0.25, 0.3) is 0 Å². The van der Waals surface area contributed by atoms with Gasteiger partial charge in [-0.3, -0.25) is 23.4 Å². The quantitative estimate of drug-likeness (QED) is 0.0364. The number of hydrogen-bond donors (Lipinski definition) is 0. The van der Waals surface area contributed by atoms with Gasteiger partial charge in [0.05, 0.1) is 41.7 Å². The lowest BCUT2D eigenvalue weighted by Crippen LogP contribution is -2.35. The number of methoxy groups -OCH3 is 4. The van der Waals surface area contributed by atoms with E-state index in [2.05, 4.69) is 61.4 Å². The van der Waals surface area contributed by atoms with Gasteiger partial charge in [-0.2, -0.15) is 8.42 Å². The van der Waals surface area contributed by atoms with Gasteiger partial charge in [0, 0.05) is 57.0 Å². The van der Waals surface area contributed by atoms with E-state index >= 15 is 0 Å². The number of hydrogen-bond acceptors (Lipinski definition) is 18. The zero-order chi connectivity index (χ0) is 84.2. The van der Waals surface area contributed by atoms with Crippen molar-refractivity contribution in [2.75, 3.05) is 48.8 Å². The number of aryl methyl sites for hydroxylation is 4. The van der Waals surface area contributed by atoms with Crippen LogP contribution in [0.1, 0.15) is 111 Å². The molecule has 0 saturated carbocycles. The van der Waals surface area contributed by atoms with E-state index in [4.69, 9.17) is 52.1 Å². The third-order valence-electron chi connectivity index (χ3n) is 20.1. The number of carbonyl (C=O) groups excluding carboxylic acids is 4. The van der Waals surface area contributed by atoms with Crippen molar-refractivity contribution in [1.82, 2.24) is 0 Å². The summed E-state index contributed by atoms with van der Waals surface area (Å²) in [5.74, 6) is 7.43. The first-order valence-corrected chi connectivity index (χ1v) is 39.9. The Kier molecular flexibility index (Phi) is 28.3. The first-order chi connectivity index (χ1) is 57.5. The van der Waals surface area contributed by atoms with Crippen LogP contribution in [-0.2, 0) is 33.9 Å². The maximum absolute atomic E-state index is 12.7. The SMILES string of the molecule is CO[C@H]1COC2C1OC[C@H]2Oc1ccc(C(=O)c2ccc(C)cc2)cc1.COc1ccc(C(=O)c2ccc(Oc3ccc(C(C)(C)c4ccc(C)cc4)cc3)cc2)cc1.COc1ccc(C(=O)c2ccc(Oc3ccc(C)cc3S(=O)(=O)OC)cc2)cc1.COc1ccc(C(=O)c2ccc(Oc3ccc(Oc4ccc(C)cc4)cc3)cc2)cc1. The van der Waals surface area contributed by atoms with E-state index in [0.29, 0.717) is 92.2 Å². The fraction of sp³-hybridized carbons (Fsp3) is 0.180. The molecule has 2 heterocycles. The number of rotatable bonds is 26. The molecule has 2 aliphatic heterocycles. The summed E-state index contributed by atoms with van der Waals surface area (Å²) in [6.07, 6.45) is -0.400. The fourth-order valence-electron chi connectivity index (χ4n) is 13.0. The minimum atomic E-state index is -3.92. The third-order valence-corrected chi connectivity index (χ3v) is 21.4. The van der Waals surface area contributed by atoms with Gasteiger partial charge in [-0.15, -0.1) is 0 Å². The molecule has 0 aromatic heterocycles. The Hall–Kier alpha value is -13.3. The molecule has 606 valence electrons. The van der Waals surface area contributed by atoms with Gasteiger partial charge in [-0.05, 0) is 275 Å². The summed E-state index contributed by atoms with van der Waals surface area (Å²) in [4.78, 5) is 50.4. The van der Waals surface area contributed by atoms with E-state index in [1.165, 1.54) is 28.3 Å². The predicted molar refractivity (Wildman–Crippen MR) is 457 cm³/mol. The lowest BCUT2D eigenvalue weighted by atomic mass is 9.78. The molecule has 0 aliphatic carbocycles. The second kappa shape index (κ2) is 39.6. The molecule has 2 unspecified atom stereocenters. The molecule has 18 nitrogen and oxygen atoms in total. The van der Waals surface area contributed by atoms with E-state index in [1.54, 1.807) is 193 Å². The highest BCUT2D eigenvalue weighted by molar-refractivity contribution is 7.86. The van der Waals surface area contributed by atoms with Crippen LogP contribution >= 0.6 is 0 Å². The monoisotopic (exact) mass is 1610 g/mol. The zero-order valence-corrected chi connectivity index (χ0v) is 68.7. The number of fused-ring (bicyclic) bond motifs is 1. The Balaban J connectivity index is 0.000000146. The Bertz CT molecular complexity index is 5670. The van der Waals surface area contributed by atoms with Gasteiger partial charge >= 0.3 is 0 Å². The highest BCUT2D eigenvalue weighted by atomic mass is 32.2. The predicted octanol–water partition coefficient (Wildman–Crippen LogP) is 21.3. The summed E-state index contributed by atoms with van der Waals surface area (Å²) in [6.45, 7) is 13.4. The summed E-state index contributed by atoms with van der Waals surface area (Å²) in [7, 11) is 3.60. The summed E-state index contributed by atoms with van der Waals surface area (Å²) in [5.41, 5.74) is 11.5. The summed E-state index contributed by atoms with van der Waals surface area (Å²) in [5, 5.41) is 0. The van der Waals surface area contributed by atoms with Crippen LogP contribution in [0.5, 0.6) is 69.0 Å². The highest BCUT2D eigenvalue weighted by Gasteiger charge is 2.49. The molecule has 4 atom stereocenters. The minimum Gasteiger partial charge on any atom is -0.497 e. The van der Waals surface area contributed by atoms with Crippen LogP contribution in [0.4, 0.5) is 0 Å². The molecule has 2 fully saturated rings. The summed E-state index contributed by atoms with van der Waals surface area (Å²) < 4.78 is 90.7. The van der Waals surface area contributed by atoms with Crippen molar-refractivity contribution in [1.29, 1.82) is 0 Å². The third kappa shape index (κ3) is 22.3. The van der Waals surface area contributed by atoms with Crippen molar-refractivity contribution in [2.45, 2.75) is 76.3 Å². The van der Waals surface area contributed by atoms with Crippen LogP contribution in [0.3, 0.4) is 0 Å². The number of carbonyl (C=O) groups is 4. The van der Waals surface area contributed by atoms with Crippen LogP contribution in [-0.4, -0.2) is 105 Å². The topological polar surface area (TPSA) is 213 Å². The van der Waals surface area contributed by atoms with Crippen LogP contribution in [0.15, 0.2) is 314 Å². The fourth-order valence-corrected chi connectivity index (χ4v) is 13.9. The molecule has 19 heteroatoms. The molecular weight excluding hydrogens is 1520 g/mol. The molecule has 0 radical (unpaired) electrons. The molecule has 0 bridgehead atoms. The van der Waals surface area contributed by atoms with Crippen molar-refractivity contribution in [3.8, 4) is 69.0 Å². The van der Waals surface area contributed by atoms with E-state index in [9.17, 15) is 27.6 Å². The number of benzene rings is 13. The molecular formula is C100H92O18S. The maximum atomic E-state index is 12.7. The first-order valence-electron chi connectivity index (χ1n) is 38.4. The van der Waals surface area contributed by atoms with E-state index in [1.807, 2.05) is 123 Å². The van der Waals surface area contributed by atoms with Gasteiger partial charge in [-0.25, -0.2) is 0 Å². The van der Waals surface area contributed by atoms with Gasteiger partial charge in [0.15, 0.2) is 29.2 Å². The molecule has 2 aliphatic rings. The second-order valence-corrected chi connectivity index (χ2v) is 30.5. The summed E-state index contributed by atoms with van der Waals surface area (Å²) >= 11 is 0. The van der Waals surface area contributed by atoms with Crippen LogP contribution in [0, 0.1) is 27.7 Å². The largest absolute Gasteiger partial charge is 0.497 e. The molecule has 0 spiro atoms. The normalized spacial score (nSPS) is 14.5.